The Hall–Kier alpha value is -2.21. The number of nitrogens with one attached hydrogen (secondary N) is 1. The average molecular weight is 325 g/mol. The molecular formula is C18H20FN5. The van der Waals surface area contributed by atoms with Crippen LogP contribution in [0.5, 0.6) is 0 Å². The van der Waals surface area contributed by atoms with Crippen LogP contribution < -0.4 is 5.73 Å². The summed E-state index contributed by atoms with van der Waals surface area (Å²) in [4.78, 5) is 7.37. The minimum Gasteiger partial charge on any atom is -0.359 e. The monoisotopic (exact) mass is 325 g/mol. The van der Waals surface area contributed by atoms with Gasteiger partial charge < -0.3 is 10.7 Å². The van der Waals surface area contributed by atoms with E-state index in [2.05, 4.69) is 20.8 Å². The molecule has 124 valence electrons. The molecule has 24 heavy (non-hydrogen) atoms. The van der Waals surface area contributed by atoms with E-state index in [1.807, 2.05) is 6.07 Å². The fraction of sp³-hybridized carbons (Fsp3) is 0.444. The molecule has 3 heterocycles. The van der Waals surface area contributed by atoms with E-state index in [0.29, 0.717) is 23.4 Å². The Kier molecular flexibility index (Phi) is 3.03. The zero-order chi connectivity index (χ0) is 16.3. The molecule has 2 aliphatic rings. The average Bonchev–Trinajstić information content (AvgIpc) is 3.09. The van der Waals surface area contributed by atoms with E-state index in [0.717, 1.165) is 41.7 Å². The molecule has 0 amide bonds. The third kappa shape index (κ3) is 2.09. The van der Waals surface area contributed by atoms with Gasteiger partial charge in [0.15, 0.2) is 5.82 Å². The maximum absolute atomic E-state index is 13.9. The van der Waals surface area contributed by atoms with Crippen LogP contribution in [0.2, 0.25) is 0 Å². The Bertz CT molecular complexity index is 901. The molecule has 2 fully saturated rings. The van der Waals surface area contributed by atoms with Gasteiger partial charge in [-0.25, -0.2) is 4.39 Å². The van der Waals surface area contributed by atoms with Crippen LogP contribution in [-0.2, 0) is 0 Å². The maximum atomic E-state index is 13.9. The Morgan fingerprint density at radius 3 is 2.92 bits per heavy atom. The van der Waals surface area contributed by atoms with Gasteiger partial charge in [0.25, 0.3) is 0 Å². The van der Waals surface area contributed by atoms with Crippen molar-refractivity contribution in [2.75, 3.05) is 6.54 Å². The van der Waals surface area contributed by atoms with Crippen LogP contribution in [0.3, 0.4) is 0 Å². The topological polar surface area (TPSA) is 72.5 Å². The Balaban J connectivity index is 1.60. The number of rotatable bonds is 4. The van der Waals surface area contributed by atoms with Crippen LogP contribution in [0.1, 0.15) is 43.3 Å². The van der Waals surface area contributed by atoms with Gasteiger partial charge in [0.2, 0.25) is 0 Å². The van der Waals surface area contributed by atoms with Gasteiger partial charge >= 0.3 is 0 Å². The second-order valence-corrected chi connectivity index (χ2v) is 7.13. The SMILES string of the molecule is NCC1CC(n2cc(-c3ncc(F)c4[nH]ccc34)c(C3CC3)n2)C1. The molecule has 0 spiro atoms. The summed E-state index contributed by atoms with van der Waals surface area (Å²) >= 11 is 0. The molecule has 5 nitrogen and oxygen atoms in total. The van der Waals surface area contributed by atoms with Gasteiger partial charge in [0, 0.05) is 29.3 Å². The molecule has 2 saturated carbocycles. The Labute approximate surface area is 139 Å². The van der Waals surface area contributed by atoms with Gasteiger partial charge in [-0.2, -0.15) is 5.10 Å². The lowest BCUT2D eigenvalue weighted by molar-refractivity contribution is 0.189. The number of nitrogens with zero attached hydrogens (tertiary/aromatic N) is 3. The first-order valence-electron chi connectivity index (χ1n) is 8.65. The quantitative estimate of drug-likeness (QED) is 0.772. The molecule has 3 N–H and O–H groups in total. The fourth-order valence-electron chi connectivity index (χ4n) is 3.78. The maximum Gasteiger partial charge on any atom is 0.165 e. The van der Waals surface area contributed by atoms with Gasteiger partial charge in [0.05, 0.1) is 29.1 Å². The van der Waals surface area contributed by atoms with Crippen molar-refractivity contribution in [1.29, 1.82) is 0 Å². The molecule has 0 unspecified atom stereocenters. The minimum atomic E-state index is -0.316. The first kappa shape index (κ1) is 14.2. The van der Waals surface area contributed by atoms with Crippen LogP contribution >= 0.6 is 0 Å². The summed E-state index contributed by atoms with van der Waals surface area (Å²) in [6.07, 6.45) is 9.72. The van der Waals surface area contributed by atoms with Crippen molar-refractivity contribution in [3.63, 3.8) is 0 Å². The highest BCUT2D eigenvalue weighted by molar-refractivity contribution is 5.93. The summed E-state index contributed by atoms with van der Waals surface area (Å²) in [5, 5.41) is 5.71. The first-order valence-corrected chi connectivity index (χ1v) is 8.65. The first-order chi connectivity index (χ1) is 11.7. The molecule has 0 bridgehead atoms. The van der Waals surface area contributed by atoms with Gasteiger partial charge in [-0.3, -0.25) is 9.67 Å². The molecule has 0 atom stereocenters. The number of pyridine rings is 1. The molecule has 0 aromatic carbocycles. The highest BCUT2D eigenvalue weighted by atomic mass is 19.1. The van der Waals surface area contributed by atoms with Gasteiger partial charge in [-0.1, -0.05) is 0 Å². The van der Waals surface area contributed by atoms with E-state index in [-0.39, 0.29) is 5.82 Å². The molecular weight excluding hydrogens is 305 g/mol. The minimum absolute atomic E-state index is 0.316. The van der Waals surface area contributed by atoms with Crippen LogP contribution in [0, 0.1) is 11.7 Å². The van der Waals surface area contributed by atoms with Crippen molar-refractivity contribution in [3.8, 4) is 11.3 Å². The summed E-state index contributed by atoms with van der Waals surface area (Å²) < 4.78 is 16.0. The molecule has 3 aromatic heterocycles. The molecule has 2 aliphatic carbocycles. The molecule has 0 saturated heterocycles. The number of H-pyrrole nitrogens is 1. The smallest absolute Gasteiger partial charge is 0.165 e. The predicted octanol–water partition coefficient (Wildman–Crippen LogP) is 3.35. The zero-order valence-electron chi connectivity index (χ0n) is 13.4. The van der Waals surface area contributed by atoms with Crippen molar-refractivity contribution in [2.45, 2.75) is 37.6 Å². The van der Waals surface area contributed by atoms with E-state index >= 15 is 0 Å². The second-order valence-electron chi connectivity index (χ2n) is 7.13. The lowest BCUT2D eigenvalue weighted by atomic mass is 9.80. The summed E-state index contributed by atoms with van der Waals surface area (Å²) in [5.41, 5.74) is 9.26. The summed E-state index contributed by atoms with van der Waals surface area (Å²) in [5.74, 6) is 0.823. The fourth-order valence-corrected chi connectivity index (χ4v) is 3.78. The standard InChI is InChI=1S/C18H20FN5/c19-15-8-22-17(13-3-4-21-18(13)15)14-9-24(12-5-10(6-12)7-20)23-16(14)11-1-2-11/h3-4,8-12,21H,1-2,5-7,20H2. The highest BCUT2D eigenvalue weighted by Gasteiger charge is 2.35. The van der Waals surface area contributed by atoms with Crippen molar-refractivity contribution < 1.29 is 4.39 Å². The number of fused-ring (bicyclic) bond motifs is 1. The third-order valence-electron chi connectivity index (χ3n) is 5.45. The van der Waals surface area contributed by atoms with Crippen molar-refractivity contribution >= 4 is 10.9 Å². The van der Waals surface area contributed by atoms with Crippen molar-refractivity contribution in [2.24, 2.45) is 11.7 Å². The highest BCUT2D eigenvalue weighted by Crippen LogP contribution is 2.46. The van der Waals surface area contributed by atoms with Crippen molar-refractivity contribution in [3.05, 3.63) is 36.2 Å². The van der Waals surface area contributed by atoms with E-state index in [4.69, 9.17) is 10.8 Å². The largest absolute Gasteiger partial charge is 0.359 e. The number of halogens is 1. The summed E-state index contributed by atoms with van der Waals surface area (Å²) in [7, 11) is 0. The molecule has 3 aromatic rings. The van der Waals surface area contributed by atoms with E-state index in [1.54, 1.807) is 6.20 Å². The van der Waals surface area contributed by atoms with Gasteiger partial charge in [-0.05, 0) is 44.2 Å². The van der Waals surface area contributed by atoms with E-state index in [1.165, 1.54) is 19.0 Å². The number of hydrogen-bond acceptors (Lipinski definition) is 3. The Morgan fingerprint density at radius 2 is 2.17 bits per heavy atom. The Morgan fingerprint density at radius 1 is 1.33 bits per heavy atom. The lowest BCUT2D eigenvalue weighted by Crippen LogP contribution is -2.32. The molecule has 0 radical (unpaired) electrons. The number of aromatic amines is 1. The van der Waals surface area contributed by atoms with Crippen LogP contribution in [0.15, 0.2) is 24.7 Å². The normalized spacial score (nSPS) is 23.6. The number of nitrogens with two attached hydrogens (primary N) is 1. The predicted molar refractivity (Wildman–Crippen MR) is 90.1 cm³/mol. The molecule has 6 heteroatoms. The van der Waals surface area contributed by atoms with Crippen LogP contribution in [0.4, 0.5) is 4.39 Å². The van der Waals surface area contributed by atoms with E-state index in [9.17, 15) is 4.39 Å². The number of aromatic nitrogens is 4. The van der Waals surface area contributed by atoms with Crippen LogP contribution in [-0.4, -0.2) is 26.3 Å². The lowest BCUT2D eigenvalue weighted by Gasteiger charge is -2.34. The second kappa shape index (κ2) is 5.14. The van der Waals surface area contributed by atoms with E-state index < -0.39 is 0 Å². The van der Waals surface area contributed by atoms with Crippen LogP contribution in [0.25, 0.3) is 22.2 Å². The zero-order valence-corrected chi connectivity index (χ0v) is 13.4. The number of hydrogen-bond donors (Lipinski definition) is 2. The summed E-state index contributed by atoms with van der Waals surface area (Å²) in [6.45, 7) is 0.754. The summed E-state index contributed by atoms with van der Waals surface area (Å²) in [6, 6.07) is 2.33. The molecule has 5 rings (SSSR count). The molecule has 0 aliphatic heterocycles. The third-order valence-corrected chi connectivity index (χ3v) is 5.45. The van der Waals surface area contributed by atoms with Gasteiger partial charge in [0.1, 0.15) is 0 Å². The van der Waals surface area contributed by atoms with Crippen molar-refractivity contribution in [1.82, 2.24) is 19.7 Å². The van der Waals surface area contributed by atoms with Gasteiger partial charge in [-0.15, -0.1) is 0 Å².